The van der Waals surface area contributed by atoms with Crippen LogP contribution in [0.25, 0.3) is 0 Å². The van der Waals surface area contributed by atoms with Gasteiger partial charge in [-0.2, -0.15) is 0 Å². The largest absolute Gasteiger partial charge is 0.397 e. The normalized spacial score (nSPS) is 10.3. The molecule has 20 heavy (non-hydrogen) atoms. The molecule has 0 bridgehead atoms. The third-order valence-corrected chi connectivity index (χ3v) is 3.00. The third kappa shape index (κ3) is 4.01. The van der Waals surface area contributed by atoms with Crippen molar-refractivity contribution in [2.24, 2.45) is 0 Å². The molecule has 6 heteroatoms. The monoisotopic (exact) mass is 280 g/mol. The van der Waals surface area contributed by atoms with Gasteiger partial charge in [0.1, 0.15) is 5.69 Å². The molecule has 0 aliphatic heterocycles. The topological polar surface area (TPSA) is 80.4 Å². The third-order valence-electron chi connectivity index (χ3n) is 3.00. The number of rotatable bonds is 7. The van der Waals surface area contributed by atoms with Crippen molar-refractivity contribution in [1.82, 2.24) is 14.8 Å². The molecule has 1 aromatic rings. The van der Waals surface area contributed by atoms with Crippen LogP contribution in [0.5, 0.6) is 0 Å². The van der Waals surface area contributed by atoms with Gasteiger partial charge in [0.2, 0.25) is 5.91 Å². The maximum atomic E-state index is 12.6. The van der Waals surface area contributed by atoms with Crippen LogP contribution in [0.3, 0.4) is 0 Å². The molecule has 0 aromatic carbocycles. The van der Waals surface area contributed by atoms with Crippen molar-refractivity contribution in [3.63, 3.8) is 0 Å². The lowest BCUT2D eigenvalue weighted by molar-refractivity contribution is -0.121. The molecule has 0 spiro atoms. The summed E-state index contributed by atoms with van der Waals surface area (Å²) < 4.78 is 1.85. The fourth-order valence-corrected chi connectivity index (χ4v) is 2.07. The van der Waals surface area contributed by atoms with E-state index in [2.05, 4.69) is 5.32 Å². The summed E-state index contributed by atoms with van der Waals surface area (Å²) in [6.07, 6.45) is 3.48. The van der Waals surface area contributed by atoms with Gasteiger partial charge < -0.3 is 20.5 Å². The lowest BCUT2D eigenvalue weighted by atomic mass is 10.3. The van der Waals surface area contributed by atoms with Crippen LogP contribution in [-0.2, 0) is 11.3 Å². The highest BCUT2D eigenvalue weighted by Gasteiger charge is 2.21. The van der Waals surface area contributed by atoms with Crippen LogP contribution in [0.15, 0.2) is 12.3 Å². The van der Waals surface area contributed by atoms with Crippen molar-refractivity contribution in [2.75, 3.05) is 25.9 Å². The number of carbonyl (C=O) groups excluding carboxylic acids is 2. The number of nitrogen functional groups attached to an aromatic ring is 1. The van der Waals surface area contributed by atoms with Gasteiger partial charge >= 0.3 is 0 Å². The van der Waals surface area contributed by atoms with E-state index in [4.69, 9.17) is 5.73 Å². The Balaban J connectivity index is 2.96. The summed E-state index contributed by atoms with van der Waals surface area (Å²) in [7, 11) is 1.56. The molecule has 0 aliphatic carbocycles. The van der Waals surface area contributed by atoms with E-state index >= 15 is 0 Å². The van der Waals surface area contributed by atoms with Crippen molar-refractivity contribution >= 4 is 17.5 Å². The Kier molecular flexibility index (Phi) is 6.09. The molecule has 6 nitrogen and oxygen atoms in total. The van der Waals surface area contributed by atoms with Crippen molar-refractivity contribution in [2.45, 2.75) is 33.2 Å². The Morgan fingerprint density at radius 2 is 2.05 bits per heavy atom. The number of amides is 2. The van der Waals surface area contributed by atoms with Crippen LogP contribution in [0.1, 0.15) is 37.2 Å². The number of nitrogens with zero attached hydrogens (tertiary/aromatic N) is 2. The smallest absolute Gasteiger partial charge is 0.271 e. The van der Waals surface area contributed by atoms with Crippen molar-refractivity contribution in [1.29, 1.82) is 0 Å². The van der Waals surface area contributed by atoms with Crippen molar-refractivity contribution in [3.8, 4) is 0 Å². The van der Waals surface area contributed by atoms with Crippen molar-refractivity contribution in [3.05, 3.63) is 18.0 Å². The molecule has 0 unspecified atom stereocenters. The molecule has 1 rings (SSSR count). The Morgan fingerprint density at radius 1 is 1.35 bits per heavy atom. The summed E-state index contributed by atoms with van der Waals surface area (Å²) in [5.74, 6) is -0.325. The number of aryl methyl sites for hydroxylation is 1. The average molecular weight is 280 g/mol. The Hall–Kier alpha value is -1.98. The summed E-state index contributed by atoms with van der Waals surface area (Å²) in [6, 6.07) is 1.67. The van der Waals surface area contributed by atoms with Crippen LogP contribution in [0, 0.1) is 0 Å². The number of hydrogen-bond acceptors (Lipinski definition) is 3. The zero-order chi connectivity index (χ0) is 15.1. The molecule has 0 atom stereocenters. The van der Waals surface area contributed by atoms with Gasteiger partial charge in [-0.05, 0) is 18.9 Å². The lowest BCUT2D eigenvalue weighted by Gasteiger charge is -2.21. The van der Waals surface area contributed by atoms with Crippen LogP contribution >= 0.6 is 0 Å². The summed E-state index contributed by atoms with van der Waals surface area (Å²) in [6.45, 7) is 5.37. The van der Waals surface area contributed by atoms with Crippen LogP contribution < -0.4 is 11.1 Å². The van der Waals surface area contributed by atoms with E-state index in [0.717, 1.165) is 19.4 Å². The number of hydrogen-bond donors (Lipinski definition) is 2. The summed E-state index contributed by atoms with van der Waals surface area (Å²) in [5, 5.41) is 2.54. The maximum Gasteiger partial charge on any atom is 0.271 e. The van der Waals surface area contributed by atoms with E-state index in [0.29, 0.717) is 17.9 Å². The Morgan fingerprint density at radius 3 is 2.60 bits per heavy atom. The van der Waals surface area contributed by atoms with Gasteiger partial charge in [0.25, 0.3) is 5.91 Å². The fraction of sp³-hybridized carbons (Fsp3) is 0.571. The standard InChI is InChI=1S/C14H24N4O2/c1-4-6-17-9-11(15)8-12(17)14(20)18(7-5-2)10-13(19)16-3/h8-9H,4-7,10,15H2,1-3H3,(H,16,19). The molecule has 0 saturated carbocycles. The maximum absolute atomic E-state index is 12.6. The predicted octanol–water partition coefficient (Wildman–Crippen LogP) is 1.08. The SMILES string of the molecule is CCCN(CC(=O)NC)C(=O)c1cc(N)cn1CCC. The van der Waals surface area contributed by atoms with Crippen LogP contribution in [0.4, 0.5) is 5.69 Å². The second kappa shape index (κ2) is 7.57. The first-order valence-corrected chi connectivity index (χ1v) is 6.98. The summed E-state index contributed by atoms with van der Waals surface area (Å²) in [5.41, 5.74) is 6.89. The molecule has 2 amide bonds. The molecule has 1 aromatic heterocycles. The minimum absolute atomic E-state index is 0.0698. The van der Waals surface area contributed by atoms with Gasteiger partial charge in [-0.1, -0.05) is 13.8 Å². The highest BCUT2D eigenvalue weighted by Crippen LogP contribution is 2.14. The molecule has 1 heterocycles. The second-order valence-electron chi connectivity index (χ2n) is 4.75. The minimum Gasteiger partial charge on any atom is -0.397 e. The number of nitrogens with two attached hydrogens (primary N) is 1. The van der Waals surface area contributed by atoms with Crippen LogP contribution in [0.2, 0.25) is 0 Å². The number of anilines is 1. The zero-order valence-electron chi connectivity index (χ0n) is 12.5. The zero-order valence-corrected chi connectivity index (χ0v) is 12.5. The predicted molar refractivity (Wildman–Crippen MR) is 79.4 cm³/mol. The highest BCUT2D eigenvalue weighted by molar-refractivity contribution is 5.96. The summed E-state index contributed by atoms with van der Waals surface area (Å²) >= 11 is 0. The minimum atomic E-state index is -0.173. The molecular weight excluding hydrogens is 256 g/mol. The first-order valence-electron chi connectivity index (χ1n) is 6.98. The van der Waals surface area contributed by atoms with E-state index in [1.165, 1.54) is 0 Å². The molecule has 0 aliphatic rings. The molecular formula is C14H24N4O2. The van der Waals surface area contributed by atoms with Crippen LogP contribution in [-0.4, -0.2) is 41.4 Å². The lowest BCUT2D eigenvalue weighted by Crippen LogP contribution is -2.40. The quantitative estimate of drug-likeness (QED) is 0.784. The van der Waals surface area contributed by atoms with Gasteiger partial charge in [-0.15, -0.1) is 0 Å². The van der Waals surface area contributed by atoms with Gasteiger partial charge in [0.15, 0.2) is 0 Å². The van der Waals surface area contributed by atoms with E-state index in [9.17, 15) is 9.59 Å². The van der Waals surface area contributed by atoms with E-state index in [-0.39, 0.29) is 18.4 Å². The Labute approximate surface area is 119 Å². The van der Waals surface area contributed by atoms with Crippen molar-refractivity contribution < 1.29 is 9.59 Å². The number of likely N-dealkylation sites (N-methyl/N-ethyl adjacent to an activating group) is 1. The van der Waals surface area contributed by atoms with Gasteiger partial charge in [0, 0.05) is 26.3 Å². The number of nitrogens with one attached hydrogen (secondary N) is 1. The van der Waals surface area contributed by atoms with E-state index < -0.39 is 0 Å². The van der Waals surface area contributed by atoms with Gasteiger partial charge in [0.05, 0.1) is 12.2 Å². The molecule has 0 saturated heterocycles. The van der Waals surface area contributed by atoms with E-state index in [1.807, 2.05) is 18.4 Å². The molecule has 0 radical (unpaired) electrons. The Bertz CT molecular complexity index is 468. The molecule has 0 fully saturated rings. The first-order chi connectivity index (χ1) is 9.53. The molecule has 112 valence electrons. The molecule has 3 N–H and O–H groups in total. The second-order valence-corrected chi connectivity index (χ2v) is 4.75. The fourth-order valence-electron chi connectivity index (χ4n) is 2.07. The highest BCUT2D eigenvalue weighted by atomic mass is 16.2. The number of carbonyl (C=O) groups is 2. The first kappa shape index (κ1) is 16.1. The average Bonchev–Trinajstić information content (AvgIpc) is 2.78. The number of aromatic nitrogens is 1. The van der Waals surface area contributed by atoms with Gasteiger partial charge in [-0.3, -0.25) is 9.59 Å². The van der Waals surface area contributed by atoms with E-state index in [1.54, 1.807) is 24.2 Å². The van der Waals surface area contributed by atoms with Gasteiger partial charge in [-0.25, -0.2) is 0 Å². The summed E-state index contributed by atoms with van der Waals surface area (Å²) in [4.78, 5) is 25.6.